The topological polar surface area (TPSA) is 49.3 Å². The lowest BCUT2D eigenvalue weighted by atomic mass is 9.89. The van der Waals surface area contributed by atoms with Gasteiger partial charge in [-0.1, -0.05) is 17.7 Å². The van der Waals surface area contributed by atoms with Crippen LogP contribution in [0.3, 0.4) is 0 Å². The predicted molar refractivity (Wildman–Crippen MR) is 62.7 cm³/mol. The van der Waals surface area contributed by atoms with Crippen LogP contribution < -0.4 is 5.32 Å². The molecule has 0 bridgehead atoms. The molecular formula is C12H14ClNO2. The maximum Gasteiger partial charge on any atom is 0.251 e. The molecule has 0 aliphatic heterocycles. The van der Waals surface area contributed by atoms with E-state index in [-0.39, 0.29) is 18.1 Å². The fourth-order valence-corrected chi connectivity index (χ4v) is 2.00. The predicted octanol–water partition coefficient (Wildman–Crippen LogP) is 1.90. The van der Waals surface area contributed by atoms with Gasteiger partial charge in [0, 0.05) is 16.6 Å². The first-order valence-corrected chi connectivity index (χ1v) is 5.69. The van der Waals surface area contributed by atoms with Gasteiger partial charge in [-0.15, -0.1) is 0 Å². The summed E-state index contributed by atoms with van der Waals surface area (Å²) in [6.45, 7) is 1.83. The second kappa shape index (κ2) is 4.44. The van der Waals surface area contributed by atoms with Crippen LogP contribution in [-0.2, 0) is 0 Å². The normalized spacial score (nSPS) is 23.7. The van der Waals surface area contributed by atoms with Crippen molar-refractivity contribution in [3.05, 3.63) is 34.3 Å². The van der Waals surface area contributed by atoms with Crippen LogP contribution in [0, 0.1) is 6.92 Å². The second-order valence-electron chi connectivity index (χ2n) is 4.21. The second-order valence-corrected chi connectivity index (χ2v) is 4.62. The highest BCUT2D eigenvalue weighted by Crippen LogP contribution is 2.22. The SMILES string of the molecule is Cc1c(Cl)cccc1C(=O)NC1CC(O)C1. The van der Waals surface area contributed by atoms with Crippen molar-refractivity contribution in [2.24, 2.45) is 0 Å². The summed E-state index contributed by atoms with van der Waals surface area (Å²) in [4.78, 5) is 11.9. The van der Waals surface area contributed by atoms with Gasteiger partial charge < -0.3 is 10.4 Å². The van der Waals surface area contributed by atoms with Crippen molar-refractivity contribution in [1.82, 2.24) is 5.32 Å². The maximum absolute atomic E-state index is 11.9. The number of nitrogens with one attached hydrogen (secondary N) is 1. The van der Waals surface area contributed by atoms with E-state index in [0.717, 1.165) is 5.56 Å². The first kappa shape index (κ1) is 11.4. The molecule has 0 aromatic heterocycles. The van der Waals surface area contributed by atoms with Gasteiger partial charge in [0.2, 0.25) is 0 Å². The van der Waals surface area contributed by atoms with Crippen LogP contribution in [0.4, 0.5) is 0 Å². The Morgan fingerprint density at radius 3 is 2.81 bits per heavy atom. The number of aliphatic hydroxyl groups excluding tert-OH is 1. The van der Waals surface area contributed by atoms with Crippen LogP contribution >= 0.6 is 11.6 Å². The molecule has 0 atom stereocenters. The van der Waals surface area contributed by atoms with Crippen LogP contribution in [0.1, 0.15) is 28.8 Å². The lowest BCUT2D eigenvalue weighted by Gasteiger charge is -2.32. The average molecular weight is 240 g/mol. The molecule has 4 heteroatoms. The van der Waals surface area contributed by atoms with Crippen molar-refractivity contribution in [1.29, 1.82) is 0 Å². The minimum atomic E-state index is -0.259. The van der Waals surface area contributed by atoms with Crippen molar-refractivity contribution in [2.75, 3.05) is 0 Å². The Bertz CT molecular complexity index is 413. The van der Waals surface area contributed by atoms with Crippen LogP contribution in [0.15, 0.2) is 18.2 Å². The minimum absolute atomic E-state index is 0.0980. The lowest BCUT2D eigenvalue weighted by Crippen LogP contribution is -2.46. The zero-order chi connectivity index (χ0) is 11.7. The van der Waals surface area contributed by atoms with Gasteiger partial charge in [-0.3, -0.25) is 4.79 Å². The molecule has 0 unspecified atom stereocenters. The summed E-state index contributed by atoms with van der Waals surface area (Å²) in [5.74, 6) is -0.114. The number of benzene rings is 1. The van der Waals surface area contributed by atoms with Gasteiger partial charge in [0.15, 0.2) is 0 Å². The van der Waals surface area contributed by atoms with Crippen molar-refractivity contribution >= 4 is 17.5 Å². The summed E-state index contributed by atoms with van der Waals surface area (Å²) in [5.41, 5.74) is 1.40. The van der Waals surface area contributed by atoms with Gasteiger partial charge in [-0.05, 0) is 37.5 Å². The third-order valence-corrected chi connectivity index (χ3v) is 3.37. The summed E-state index contributed by atoms with van der Waals surface area (Å²) in [5, 5.41) is 12.6. The van der Waals surface area contributed by atoms with Crippen LogP contribution in [0.2, 0.25) is 5.02 Å². The van der Waals surface area contributed by atoms with Crippen molar-refractivity contribution in [2.45, 2.75) is 31.9 Å². The highest BCUT2D eigenvalue weighted by Gasteiger charge is 2.28. The molecule has 1 aliphatic carbocycles. The Morgan fingerprint density at radius 2 is 2.19 bits per heavy atom. The molecule has 3 nitrogen and oxygen atoms in total. The fourth-order valence-electron chi connectivity index (χ4n) is 1.82. The van der Waals surface area contributed by atoms with E-state index in [2.05, 4.69) is 5.32 Å². The van der Waals surface area contributed by atoms with Gasteiger partial charge in [0.25, 0.3) is 5.91 Å². The summed E-state index contributed by atoms with van der Waals surface area (Å²) in [6, 6.07) is 5.38. The van der Waals surface area contributed by atoms with Gasteiger partial charge in [0.05, 0.1) is 6.10 Å². The molecule has 0 heterocycles. The molecular weight excluding hydrogens is 226 g/mol. The average Bonchev–Trinajstić information content (AvgIpc) is 2.19. The quantitative estimate of drug-likeness (QED) is 0.828. The van der Waals surface area contributed by atoms with Crippen molar-refractivity contribution in [3.8, 4) is 0 Å². The van der Waals surface area contributed by atoms with E-state index in [9.17, 15) is 4.79 Å². The lowest BCUT2D eigenvalue weighted by molar-refractivity contribution is 0.0562. The number of carbonyl (C=O) groups excluding carboxylic acids is 1. The molecule has 0 radical (unpaired) electrons. The molecule has 16 heavy (non-hydrogen) atoms. The minimum Gasteiger partial charge on any atom is -0.393 e. The summed E-state index contributed by atoms with van der Waals surface area (Å²) >= 11 is 5.95. The molecule has 0 saturated heterocycles. The third kappa shape index (κ3) is 2.20. The Labute approximate surface area is 99.4 Å². The molecule has 86 valence electrons. The third-order valence-electron chi connectivity index (χ3n) is 2.96. The van der Waals surface area contributed by atoms with E-state index >= 15 is 0 Å². The number of amides is 1. The van der Waals surface area contributed by atoms with E-state index in [1.54, 1.807) is 18.2 Å². The standard InChI is InChI=1S/C12H14ClNO2/c1-7-10(3-2-4-11(7)13)12(16)14-8-5-9(15)6-8/h2-4,8-9,15H,5-6H2,1H3,(H,14,16). The number of aliphatic hydroxyl groups is 1. The number of hydrogen-bond acceptors (Lipinski definition) is 2. The summed E-state index contributed by atoms with van der Waals surface area (Å²) in [7, 11) is 0. The fraction of sp³-hybridized carbons (Fsp3) is 0.417. The summed E-state index contributed by atoms with van der Waals surface area (Å²) < 4.78 is 0. The first-order chi connectivity index (χ1) is 7.58. The van der Waals surface area contributed by atoms with Crippen LogP contribution in [-0.4, -0.2) is 23.2 Å². The zero-order valence-electron chi connectivity index (χ0n) is 9.03. The molecule has 2 N–H and O–H groups in total. The van der Waals surface area contributed by atoms with E-state index in [4.69, 9.17) is 16.7 Å². The van der Waals surface area contributed by atoms with E-state index < -0.39 is 0 Å². The molecule has 0 spiro atoms. The maximum atomic E-state index is 11.9. The van der Waals surface area contributed by atoms with Gasteiger partial charge in [-0.25, -0.2) is 0 Å². The Balaban J connectivity index is 2.06. The largest absolute Gasteiger partial charge is 0.393 e. The smallest absolute Gasteiger partial charge is 0.251 e. The van der Waals surface area contributed by atoms with Gasteiger partial charge in [-0.2, -0.15) is 0 Å². The summed E-state index contributed by atoms with van der Waals surface area (Å²) in [6.07, 6.45) is 1.03. The Morgan fingerprint density at radius 1 is 1.50 bits per heavy atom. The monoisotopic (exact) mass is 239 g/mol. The van der Waals surface area contributed by atoms with Gasteiger partial charge >= 0.3 is 0 Å². The molecule has 1 fully saturated rings. The number of halogens is 1. The van der Waals surface area contributed by atoms with E-state index in [1.165, 1.54) is 0 Å². The molecule has 2 rings (SSSR count). The number of hydrogen-bond donors (Lipinski definition) is 2. The van der Waals surface area contributed by atoms with E-state index in [0.29, 0.717) is 23.4 Å². The van der Waals surface area contributed by atoms with Crippen LogP contribution in [0.5, 0.6) is 0 Å². The molecule has 1 aromatic carbocycles. The van der Waals surface area contributed by atoms with Crippen molar-refractivity contribution < 1.29 is 9.90 Å². The van der Waals surface area contributed by atoms with Crippen molar-refractivity contribution in [3.63, 3.8) is 0 Å². The van der Waals surface area contributed by atoms with Crippen LogP contribution in [0.25, 0.3) is 0 Å². The Kier molecular flexibility index (Phi) is 3.17. The highest BCUT2D eigenvalue weighted by atomic mass is 35.5. The molecule has 1 aliphatic rings. The zero-order valence-corrected chi connectivity index (χ0v) is 9.79. The first-order valence-electron chi connectivity index (χ1n) is 5.32. The van der Waals surface area contributed by atoms with Gasteiger partial charge in [0.1, 0.15) is 0 Å². The molecule has 1 aromatic rings. The number of carbonyl (C=O) groups is 1. The molecule has 1 saturated carbocycles. The Hall–Kier alpha value is -1.06. The number of rotatable bonds is 2. The van der Waals surface area contributed by atoms with E-state index in [1.807, 2.05) is 6.92 Å². The molecule has 1 amide bonds. The highest BCUT2D eigenvalue weighted by molar-refractivity contribution is 6.31.